The third-order valence-electron chi connectivity index (χ3n) is 3.02. The fraction of sp³-hybridized carbons (Fsp3) is 0.250. The Labute approximate surface area is 128 Å². The SMILES string of the molecule is Cc1ccc(OCC(CS)c2ccccc2)c(Br)c1. The molecule has 2 rings (SSSR count). The molecule has 0 saturated heterocycles. The van der Waals surface area contributed by atoms with Crippen molar-refractivity contribution in [3.05, 3.63) is 64.1 Å². The second kappa shape index (κ2) is 7.01. The van der Waals surface area contributed by atoms with E-state index in [2.05, 4.69) is 59.7 Å². The first-order chi connectivity index (χ1) is 9.20. The van der Waals surface area contributed by atoms with Crippen LogP contribution in [0.3, 0.4) is 0 Å². The van der Waals surface area contributed by atoms with Gasteiger partial charge in [0.1, 0.15) is 5.75 Å². The van der Waals surface area contributed by atoms with Gasteiger partial charge in [-0.2, -0.15) is 12.6 Å². The van der Waals surface area contributed by atoms with Crippen molar-refractivity contribution < 1.29 is 4.74 Å². The highest BCUT2D eigenvalue weighted by molar-refractivity contribution is 9.10. The molecule has 100 valence electrons. The van der Waals surface area contributed by atoms with E-state index in [1.54, 1.807) is 0 Å². The van der Waals surface area contributed by atoms with Crippen LogP contribution in [-0.4, -0.2) is 12.4 Å². The first-order valence-corrected chi connectivity index (χ1v) is 7.68. The van der Waals surface area contributed by atoms with Crippen molar-refractivity contribution in [1.82, 2.24) is 0 Å². The summed E-state index contributed by atoms with van der Waals surface area (Å²) in [5.41, 5.74) is 2.48. The number of aryl methyl sites for hydroxylation is 1. The summed E-state index contributed by atoms with van der Waals surface area (Å²) in [6.45, 7) is 2.70. The largest absolute Gasteiger partial charge is 0.492 e. The van der Waals surface area contributed by atoms with Gasteiger partial charge < -0.3 is 4.74 Å². The number of benzene rings is 2. The van der Waals surface area contributed by atoms with Crippen LogP contribution >= 0.6 is 28.6 Å². The van der Waals surface area contributed by atoms with Crippen molar-refractivity contribution in [2.24, 2.45) is 0 Å². The van der Waals surface area contributed by atoms with Gasteiger partial charge in [-0.3, -0.25) is 0 Å². The van der Waals surface area contributed by atoms with Crippen molar-refractivity contribution >= 4 is 28.6 Å². The summed E-state index contributed by atoms with van der Waals surface area (Å²) < 4.78 is 6.90. The summed E-state index contributed by atoms with van der Waals surface area (Å²) in [7, 11) is 0. The Hall–Kier alpha value is -0.930. The molecule has 0 heterocycles. The average Bonchev–Trinajstić information content (AvgIpc) is 2.43. The summed E-state index contributed by atoms with van der Waals surface area (Å²) in [4.78, 5) is 0. The Balaban J connectivity index is 2.04. The molecule has 0 spiro atoms. The van der Waals surface area contributed by atoms with E-state index in [0.717, 1.165) is 16.0 Å². The monoisotopic (exact) mass is 336 g/mol. The van der Waals surface area contributed by atoms with E-state index in [-0.39, 0.29) is 0 Å². The quantitative estimate of drug-likeness (QED) is 0.768. The number of thiol groups is 1. The predicted octanol–water partition coefficient (Wildman–Crippen LogP) is 4.85. The zero-order valence-electron chi connectivity index (χ0n) is 10.8. The topological polar surface area (TPSA) is 9.23 Å². The maximum Gasteiger partial charge on any atom is 0.133 e. The van der Waals surface area contributed by atoms with Gasteiger partial charge in [0.2, 0.25) is 0 Å². The number of hydrogen-bond donors (Lipinski definition) is 1. The molecular formula is C16H17BrOS. The highest BCUT2D eigenvalue weighted by Crippen LogP contribution is 2.27. The molecule has 0 aliphatic carbocycles. The molecular weight excluding hydrogens is 320 g/mol. The molecule has 0 N–H and O–H groups in total. The smallest absolute Gasteiger partial charge is 0.133 e. The lowest BCUT2D eigenvalue weighted by Gasteiger charge is -2.17. The summed E-state index contributed by atoms with van der Waals surface area (Å²) in [5.74, 6) is 1.96. The standard InChI is InChI=1S/C16H17BrOS/c1-12-7-8-16(15(17)9-12)18-10-14(11-19)13-5-3-2-4-6-13/h2-9,14,19H,10-11H2,1H3. The first-order valence-electron chi connectivity index (χ1n) is 6.25. The van der Waals surface area contributed by atoms with Crippen molar-refractivity contribution in [2.75, 3.05) is 12.4 Å². The molecule has 2 aromatic carbocycles. The van der Waals surface area contributed by atoms with Gasteiger partial charge in [0.15, 0.2) is 0 Å². The van der Waals surface area contributed by atoms with E-state index < -0.39 is 0 Å². The lowest BCUT2D eigenvalue weighted by Crippen LogP contribution is -2.12. The van der Waals surface area contributed by atoms with Crippen LogP contribution in [0.5, 0.6) is 5.75 Å². The van der Waals surface area contributed by atoms with Crippen LogP contribution in [0.25, 0.3) is 0 Å². The summed E-state index contributed by atoms with van der Waals surface area (Å²) in [5, 5.41) is 0. The van der Waals surface area contributed by atoms with Gasteiger partial charge in [0.05, 0.1) is 11.1 Å². The van der Waals surface area contributed by atoms with Crippen LogP contribution in [0.4, 0.5) is 0 Å². The van der Waals surface area contributed by atoms with Gasteiger partial charge in [0.25, 0.3) is 0 Å². The zero-order chi connectivity index (χ0) is 13.7. The average molecular weight is 337 g/mol. The first kappa shape index (κ1) is 14.5. The molecule has 0 fully saturated rings. The van der Waals surface area contributed by atoms with Gasteiger partial charge in [0, 0.05) is 11.7 Å². The second-order valence-electron chi connectivity index (χ2n) is 4.54. The van der Waals surface area contributed by atoms with Crippen LogP contribution in [0.2, 0.25) is 0 Å². The van der Waals surface area contributed by atoms with E-state index in [4.69, 9.17) is 4.74 Å². The van der Waals surface area contributed by atoms with Crippen molar-refractivity contribution in [3.8, 4) is 5.75 Å². The van der Waals surface area contributed by atoms with E-state index in [9.17, 15) is 0 Å². The minimum Gasteiger partial charge on any atom is -0.492 e. The fourth-order valence-corrected chi connectivity index (χ4v) is 2.82. The molecule has 0 aromatic heterocycles. The van der Waals surface area contributed by atoms with Gasteiger partial charge in [-0.1, -0.05) is 36.4 Å². The van der Waals surface area contributed by atoms with E-state index >= 15 is 0 Å². The summed E-state index contributed by atoms with van der Waals surface area (Å²) >= 11 is 7.96. The maximum absolute atomic E-state index is 5.90. The Morgan fingerprint density at radius 2 is 1.89 bits per heavy atom. The predicted molar refractivity (Wildman–Crippen MR) is 87.4 cm³/mol. The molecule has 0 bridgehead atoms. The van der Waals surface area contributed by atoms with Gasteiger partial charge in [-0.15, -0.1) is 0 Å². The number of ether oxygens (including phenoxy) is 1. The van der Waals surface area contributed by atoms with Gasteiger partial charge >= 0.3 is 0 Å². The Morgan fingerprint density at radius 3 is 2.53 bits per heavy atom. The Morgan fingerprint density at radius 1 is 1.16 bits per heavy atom. The number of halogens is 1. The van der Waals surface area contributed by atoms with Crippen LogP contribution in [0.1, 0.15) is 17.0 Å². The minimum absolute atomic E-state index is 0.303. The van der Waals surface area contributed by atoms with E-state index in [1.165, 1.54) is 11.1 Å². The fourth-order valence-electron chi connectivity index (χ4n) is 1.89. The molecule has 0 amide bonds. The minimum atomic E-state index is 0.303. The highest BCUT2D eigenvalue weighted by Gasteiger charge is 2.11. The molecule has 2 aromatic rings. The number of rotatable bonds is 5. The molecule has 3 heteroatoms. The molecule has 0 radical (unpaired) electrons. The maximum atomic E-state index is 5.90. The summed E-state index contributed by atoms with van der Waals surface area (Å²) in [6, 6.07) is 16.5. The summed E-state index contributed by atoms with van der Waals surface area (Å²) in [6.07, 6.45) is 0. The third kappa shape index (κ3) is 4.02. The van der Waals surface area contributed by atoms with Crippen LogP contribution in [0.15, 0.2) is 53.0 Å². The van der Waals surface area contributed by atoms with E-state index in [0.29, 0.717) is 12.5 Å². The molecule has 0 saturated carbocycles. The Bertz CT molecular complexity index is 528. The van der Waals surface area contributed by atoms with Crippen molar-refractivity contribution in [2.45, 2.75) is 12.8 Å². The lowest BCUT2D eigenvalue weighted by atomic mass is 10.0. The molecule has 1 atom stereocenters. The lowest BCUT2D eigenvalue weighted by molar-refractivity contribution is 0.296. The van der Waals surface area contributed by atoms with Crippen molar-refractivity contribution in [1.29, 1.82) is 0 Å². The van der Waals surface area contributed by atoms with Crippen molar-refractivity contribution in [3.63, 3.8) is 0 Å². The van der Waals surface area contributed by atoms with Crippen LogP contribution in [0, 0.1) is 6.92 Å². The second-order valence-corrected chi connectivity index (χ2v) is 5.75. The van der Waals surface area contributed by atoms with Crippen LogP contribution < -0.4 is 4.74 Å². The highest BCUT2D eigenvalue weighted by atomic mass is 79.9. The molecule has 0 aliphatic heterocycles. The normalized spacial score (nSPS) is 12.2. The molecule has 0 aliphatic rings. The number of hydrogen-bond acceptors (Lipinski definition) is 2. The Kier molecular flexibility index (Phi) is 5.34. The molecule has 19 heavy (non-hydrogen) atoms. The zero-order valence-corrected chi connectivity index (χ0v) is 13.3. The van der Waals surface area contributed by atoms with Gasteiger partial charge in [-0.25, -0.2) is 0 Å². The molecule has 1 unspecified atom stereocenters. The van der Waals surface area contributed by atoms with Gasteiger partial charge in [-0.05, 0) is 46.1 Å². The van der Waals surface area contributed by atoms with E-state index in [1.807, 2.05) is 24.3 Å². The third-order valence-corrected chi connectivity index (χ3v) is 4.08. The molecule has 1 nitrogen and oxygen atoms in total. The van der Waals surface area contributed by atoms with Crippen LogP contribution in [-0.2, 0) is 0 Å².